The van der Waals surface area contributed by atoms with Crippen molar-refractivity contribution < 1.29 is 4.79 Å². The topological polar surface area (TPSA) is 17.1 Å². The minimum Gasteiger partial charge on any atom is -0.295 e. The molecule has 0 N–H and O–H groups in total. The number of hydrogen-bond acceptors (Lipinski definition) is 2. The van der Waals surface area contributed by atoms with Crippen molar-refractivity contribution in [3.8, 4) is 0 Å². The molecule has 0 fully saturated rings. The van der Waals surface area contributed by atoms with Crippen LogP contribution in [0.3, 0.4) is 0 Å². The monoisotopic (exact) mass is 216 g/mol. The lowest BCUT2D eigenvalue weighted by molar-refractivity contribution is -0.115. The molecule has 15 heavy (non-hydrogen) atoms. The van der Waals surface area contributed by atoms with E-state index in [0.29, 0.717) is 11.7 Å². The minimum atomic E-state index is 0.294. The Kier molecular flexibility index (Phi) is 2.17. The quantitative estimate of drug-likeness (QED) is 0.662. The van der Waals surface area contributed by atoms with E-state index in [1.54, 1.807) is 0 Å². The number of carbonyl (C=O) groups excluding carboxylic acids is 1. The summed E-state index contributed by atoms with van der Waals surface area (Å²) in [7, 11) is 0. The molecular formula is C13H12OS. The third-order valence-electron chi connectivity index (χ3n) is 3.13. The van der Waals surface area contributed by atoms with Crippen molar-refractivity contribution in [2.75, 3.05) is 5.75 Å². The highest BCUT2D eigenvalue weighted by molar-refractivity contribution is 7.99. The SMILES string of the molecule is O=C1C=C2c3ccccc3SCC2CC1. The van der Waals surface area contributed by atoms with E-state index in [2.05, 4.69) is 24.3 Å². The van der Waals surface area contributed by atoms with E-state index in [-0.39, 0.29) is 0 Å². The van der Waals surface area contributed by atoms with Gasteiger partial charge in [0.25, 0.3) is 0 Å². The zero-order valence-electron chi connectivity index (χ0n) is 8.40. The zero-order valence-corrected chi connectivity index (χ0v) is 9.22. The number of thioether (sulfide) groups is 1. The highest BCUT2D eigenvalue weighted by Crippen LogP contribution is 2.43. The highest BCUT2D eigenvalue weighted by Gasteiger charge is 2.27. The molecular weight excluding hydrogens is 204 g/mol. The van der Waals surface area contributed by atoms with Crippen molar-refractivity contribution in [1.29, 1.82) is 0 Å². The second kappa shape index (κ2) is 3.53. The predicted molar refractivity (Wildman–Crippen MR) is 62.9 cm³/mol. The molecule has 1 aliphatic heterocycles. The Hall–Kier alpha value is -1.02. The van der Waals surface area contributed by atoms with Gasteiger partial charge in [-0.15, -0.1) is 11.8 Å². The van der Waals surface area contributed by atoms with E-state index >= 15 is 0 Å². The van der Waals surface area contributed by atoms with Gasteiger partial charge in [-0.2, -0.15) is 0 Å². The fourth-order valence-electron chi connectivity index (χ4n) is 2.33. The molecule has 1 aliphatic carbocycles. The van der Waals surface area contributed by atoms with Crippen LogP contribution in [-0.2, 0) is 4.79 Å². The van der Waals surface area contributed by atoms with E-state index in [0.717, 1.165) is 18.6 Å². The zero-order chi connectivity index (χ0) is 10.3. The fraction of sp³-hybridized carbons (Fsp3) is 0.308. The Balaban J connectivity index is 2.14. The van der Waals surface area contributed by atoms with Crippen LogP contribution in [0.1, 0.15) is 18.4 Å². The number of rotatable bonds is 0. The van der Waals surface area contributed by atoms with Gasteiger partial charge in [0.2, 0.25) is 0 Å². The number of allylic oxidation sites excluding steroid dienone is 2. The van der Waals surface area contributed by atoms with E-state index < -0.39 is 0 Å². The lowest BCUT2D eigenvalue weighted by Gasteiger charge is -2.29. The molecule has 1 aromatic carbocycles. The first-order valence-electron chi connectivity index (χ1n) is 5.31. The number of benzene rings is 1. The third kappa shape index (κ3) is 1.53. The van der Waals surface area contributed by atoms with Gasteiger partial charge in [0, 0.05) is 17.1 Å². The Morgan fingerprint density at radius 1 is 1.27 bits per heavy atom. The summed E-state index contributed by atoms with van der Waals surface area (Å²) in [6.45, 7) is 0. The summed E-state index contributed by atoms with van der Waals surface area (Å²) >= 11 is 1.92. The first kappa shape index (κ1) is 9.22. The molecule has 76 valence electrons. The molecule has 2 aliphatic rings. The maximum absolute atomic E-state index is 11.4. The third-order valence-corrected chi connectivity index (χ3v) is 4.37. The van der Waals surface area contributed by atoms with Crippen LogP contribution in [0.4, 0.5) is 0 Å². The van der Waals surface area contributed by atoms with Crippen LogP contribution in [0.25, 0.3) is 5.57 Å². The van der Waals surface area contributed by atoms with E-state index in [9.17, 15) is 4.79 Å². The van der Waals surface area contributed by atoms with Crippen molar-refractivity contribution >= 4 is 23.1 Å². The van der Waals surface area contributed by atoms with Crippen molar-refractivity contribution in [1.82, 2.24) is 0 Å². The predicted octanol–water partition coefficient (Wildman–Crippen LogP) is 3.15. The van der Waals surface area contributed by atoms with Crippen LogP contribution in [0, 0.1) is 5.92 Å². The molecule has 2 heteroatoms. The average molecular weight is 216 g/mol. The maximum Gasteiger partial charge on any atom is 0.156 e. The van der Waals surface area contributed by atoms with Gasteiger partial charge in [-0.1, -0.05) is 18.2 Å². The van der Waals surface area contributed by atoms with E-state index in [1.165, 1.54) is 16.0 Å². The smallest absolute Gasteiger partial charge is 0.156 e. The molecule has 0 amide bonds. The first-order chi connectivity index (χ1) is 7.34. The van der Waals surface area contributed by atoms with Gasteiger partial charge in [-0.05, 0) is 35.6 Å². The van der Waals surface area contributed by atoms with Crippen molar-refractivity contribution in [3.63, 3.8) is 0 Å². The Morgan fingerprint density at radius 3 is 3.07 bits per heavy atom. The van der Waals surface area contributed by atoms with E-state index in [4.69, 9.17) is 0 Å². The second-order valence-corrected chi connectivity index (χ2v) is 5.17. The normalized spacial score (nSPS) is 24.1. The van der Waals surface area contributed by atoms with E-state index in [1.807, 2.05) is 17.8 Å². The van der Waals surface area contributed by atoms with Crippen LogP contribution in [-0.4, -0.2) is 11.5 Å². The largest absolute Gasteiger partial charge is 0.295 e. The fourth-order valence-corrected chi connectivity index (χ4v) is 3.57. The van der Waals surface area contributed by atoms with Gasteiger partial charge < -0.3 is 0 Å². The number of ketones is 1. The van der Waals surface area contributed by atoms with Gasteiger partial charge in [-0.3, -0.25) is 4.79 Å². The van der Waals surface area contributed by atoms with Crippen LogP contribution in [0.5, 0.6) is 0 Å². The van der Waals surface area contributed by atoms with Gasteiger partial charge in [0.05, 0.1) is 0 Å². The molecule has 0 radical (unpaired) electrons. The molecule has 1 atom stereocenters. The molecule has 1 nitrogen and oxygen atoms in total. The van der Waals surface area contributed by atoms with Crippen LogP contribution in [0.15, 0.2) is 35.2 Å². The number of hydrogen-bond donors (Lipinski definition) is 0. The van der Waals surface area contributed by atoms with Crippen LogP contribution < -0.4 is 0 Å². The van der Waals surface area contributed by atoms with Crippen LogP contribution >= 0.6 is 11.8 Å². The lowest BCUT2D eigenvalue weighted by Crippen LogP contribution is -2.18. The van der Waals surface area contributed by atoms with Gasteiger partial charge in [0.15, 0.2) is 5.78 Å². The summed E-state index contributed by atoms with van der Waals surface area (Å²) in [5.41, 5.74) is 2.56. The Morgan fingerprint density at radius 2 is 2.13 bits per heavy atom. The highest BCUT2D eigenvalue weighted by atomic mass is 32.2. The summed E-state index contributed by atoms with van der Waals surface area (Å²) in [5.74, 6) is 2.03. The summed E-state index contributed by atoms with van der Waals surface area (Å²) in [4.78, 5) is 12.8. The summed E-state index contributed by atoms with van der Waals surface area (Å²) in [6, 6.07) is 8.41. The molecule has 1 unspecified atom stereocenters. The molecule has 1 heterocycles. The molecule has 3 rings (SSSR count). The maximum atomic E-state index is 11.4. The summed E-state index contributed by atoms with van der Waals surface area (Å²) in [6.07, 6.45) is 3.63. The minimum absolute atomic E-state index is 0.294. The molecule has 0 spiro atoms. The molecule has 0 saturated heterocycles. The number of fused-ring (bicyclic) bond motifs is 3. The lowest BCUT2D eigenvalue weighted by atomic mass is 9.84. The van der Waals surface area contributed by atoms with Crippen molar-refractivity contribution in [3.05, 3.63) is 35.9 Å². The Labute approximate surface area is 93.6 Å². The molecule has 0 aromatic heterocycles. The molecule has 0 saturated carbocycles. The number of carbonyl (C=O) groups is 1. The van der Waals surface area contributed by atoms with Crippen molar-refractivity contribution in [2.24, 2.45) is 5.92 Å². The molecule has 1 aromatic rings. The first-order valence-corrected chi connectivity index (χ1v) is 6.30. The second-order valence-electron chi connectivity index (χ2n) is 4.11. The average Bonchev–Trinajstić information content (AvgIpc) is 2.29. The molecule has 0 bridgehead atoms. The van der Waals surface area contributed by atoms with Crippen LogP contribution in [0.2, 0.25) is 0 Å². The standard InChI is InChI=1S/C13H12OS/c14-10-6-5-9-8-15-13-4-2-1-3-11(13)12(9)7-10/h1-4,7,9H,5-6,8H2. The van der Waals surface area contributed by atoms with Gasteiger partial charge in [-0.25, -0.2) is 0 Å². The van der Waals surface area contributed by atoms with Gasteiger partial charge in [0.1, 0.15) is 0 Å². The van der Waals surface area contributed by atoms with Gasteiger partial charge >= 0.3 is 0 Å². The Bertz CT molecular complexity index is 448. The van der Waals surface area contributed by atoms with Crippen molar-refractivity contribution in [2.45, 2.75) is 17.7 Å². The summed E-state index contributed by atoms with van der Waals surface area (Å²) < 4.78 is 0. The summed E-state index contributed by atoms with van der Waals surface area (Å²) in [5, 5.41) is 0.